The molecule has 0 bridgehead atoms. The molecular formula is C12H19NO2S. The van der Waals surface area contributed by atoms with Crippen molar-refractivity contribution in [2.45, 2.75) is 33.6 Å². The average Bonchev–Trinajstić information content (AvgIpc) is 2.76. The number of ether oxygens (including phenoxy) is 1. The summed E-state index contributed by atoms with van der Waals surface area (Å²) >= 11 is 1.76. The van der Waals surface area contributed by atoms with Gasteiger partial charge in [0.25, 0.3) is 0 Å². The SMILES string of the molecule is CC/C(=N/C(=O)OCC(C)C)C1=CCCS1. The molecule has 0 aromatic carbocycles. The number of aliphatic imine (C=N–C) groups is 1. The first-order chi connectivity index (χ1) is 7.63. The number of thioether (sulfide) groups is 1. The van der Waals surface area contributed by atoms with Gasteiger partial charge in [-0.25, -0.2) is 4.79 Å². The van der Waals surface area contributed by atoms with E-state index in [1.165, 1.54) is 0 Å². The standard InChI is InChI=1S/C12H19NO2S/c1-4-10(11-6-5-7-16-11)13-12(14)15-8-9(2)3/h6,9H,4-5,7-8H2,1-3H3/b13-10-. The van der Waals surface area contributed by atoms with Crippen LogP contribution in [0.25, 0.3) is 0 Å². The topological polar surface area (TPSA) is 38.7 Å². The van der Waals surface area contributed by atoms with Crippen LogP contribution in [0.15, 0.2) is 16.0 Å². The molecule has 0 saturated heterocycles. The third kappa shape index (κ3) is 4.39. The quantitative estimate of drug-likeness (QED) is 0.705. The van der Waals surface area contributed by atoms with Crippen molar-refractivity contribution in [3.63, 3.8) is 0 Å². The van der Waals surface area contributed by atoms with Crippen molar-refractivity contribution in [2.75, 3.05) is 12.4 Å². The molecule has 16 heavy (non-hydrogen) atoms. The molecular weight excluding hydrogens is 222 g/mol. The summed E-state index contributed by atoms with van der Waals surface area (Å²) in [6, 6.07) is 0. The molecule has 1 aliphatic rings. The Balaban J connectivity index is 2.54. The monoisotopic (exact) mass is 241 g/mol. The fourth-order valence-electron chi connectivity index (χ4n) is 1.31. The van der Waals surface area contributed by atoms with E-state index in [0.29, 0.717) is 12.5 Å². The highest BCUT2D eigenvalue weighted by atomic mass is 32.2. The predicted octanol–water partition coefficient (Wildman–Crippen LogP) is 3.65. The van der Waals surface area contributed by atoms with E-state index < -0.39 is 6.09 Å². The summed E-state index contributed by atoms with van der Waals surface area (Å²) in [4.78, 5) is 16.6. The summed E-state index contributed by atoms with van der Waals surface area (Å²) in [5, 5.41) is 0. The first-order valence-corrected chi connectivity index (χ1v) is 6.69. The van der Waals surface area contributed by atoms with E-state index in [-0.39, 0.29) is 0 Å². The highest BCUT2D eigenvalue weighted by molar-refractivity contribution is 8.04. The van der Waals surface area contributed by atoms with Crippen LogP contribution < -0.4 is 0 Å². The first kappa shape index (κ1) is 13.3. The first-order valence-electron chi connectivity index (χ1n) is 5.71. The Morgan fingerprint density at radius 2 is 2.38 bits per heavy atom. The number of rotatable bonds is 4. The average molecular weight is 241 g/mol. The molecule has 3 nitrogen and oxygen atoms in total. The molecule has 1 aliphatic heterocycles. The number of nitrogens with zero attached hydrogens (tertiary/aromatic N) is 1. The van der Waals surface area contributed by atoms with Crippen LogP contribution in [0.2, 0.25) is 0 Å². The van der Waals surface area contributed by atoms with Crippen LogP contribution >= 0.6 is 11.8 Å². The molecule has 0 aromatic rings. The summed E-state index contributed by atoms with van der Waals surface area (Å²) in [6.45, 7) is 6.46. The van der Waals surface area contributed by atoms with Crippen molar-refractivity contribution < 1.29 is 9.53 Å². The van der Waals surface area contributed by atoms with Gasteiger partial charge in [-0.1, -0.05) is 26.8 Å². The maximum Gasteiger partial charge on any atom is 0.433 e. The van der Waals surface area contributed by atoms with Crippen LogP contribution in [0.1, 0.15) is 33.6 Å². The Labute approximate surface area is 101 Å². The molecule has 1 rings (SSSR count). The Morgan fingerprint density at radius 3 is 2.88 bits per heavy atom. The van der Waals surface area contributed by atoms with Crippen molar-refractivity contribution in [3.05, 3.63) is 11.0 Å². The van der Waals surface area contributed by atoms with E-state index in [4.69, 9.17) is 4.74 Å². The van der Waals surface area contributed by atoms with Gasteiger partial charge < -0.3 is 4.74 Å². The molecule has 4 heteroatoms. The van der Waals surface area contributed by atoms with Crippen molar-refractivity contribution >= 4 is 23.6 Å². The number of hydrogen-bond acceptors (Lipinski definition) is 3. The normalized spacial score (nSPS) is 16.5. The summed E-state index contributed by atoms with van der Waals surface area (Å²) < 4.78 is 5.03. The number of carbonyl (C=O) groups is 1. The van der Waals surface area contributed by atoms with Gasteiger partial charge in [-0.2, -0.15) is 4.99 Å². The predicted molar refractivity (Wildman–Crippen MR) is 69.1 cm³/mol. The van der Waals surface area contributed by atoms with Gasteiger partial charge in [-0.05, 0) is 18.8 Å². The number of carbonyl (C=O) groups excluding carboxylic acids is 1. The van der Waals surface area contributed by atoms with Crippen LogP contribution in [-0.4, -0.2) is 24.2 Å². The van der Waals surface area contributed by atoms with E-state index in [1.54, 1.807) is 11.8 Å². The van der Waals surface area contributed by atoms with E-state index >= 15 is 0 Å². The Kier molecular flexibility index (Phi) is 5.60. The summed E-state index contributed by atoms with van der Waals surface area (Å²) in [5.41, 5.74) is 0.858. The lowest BCUT2D eigenvalue weighted by Gasteiger charge is -2.06. The number of allylic oxidation sites excluding steroid dienone is 2. The zero-order valence-corrected chi connectivity index (χ0v) is 11.0. The fourth-order valence-corrected chi connectivity index (χ4v) is 2.36. The molecule has 0 unspecified atom stereocenters. The van der Waals surface area contributed by atoms with Gasteiger partial charge in [0.1, 0.15) is 0 Å². The van der Waals surface area contributed by atoms with Gasteiger partial charge in [0.15, 0.2) is 0 Å². The molecule has 0 spiro atoms. The highest BCUT2D eigenvalue weighted by Crippen LogP contribution is 2.27. The molecule has 90 valence electrons. The molecule has 1 heterocycles. The molecule has 1 amide bonds. The Hall–Kier alpha value is -0.770. The molecule has 0 aliphatic carbocycles. The van der Waals surface area contributed by atoms with Gasteiger partial charge in [0.05, 0.1) is 12.3 Å². The largest absolute Gasteiger partial charge is 0.448 e. The van der Waals surface area contributed by atoms with E-state index in [9.17, 15) is 4.79 Å². The zero-order valence-electron chi connectivity index (χ0n) is 10.2. The van der Waals surface area contributed by atoms with Gasteiger partial charge in [-0.3, -0.25) is 0 Å². The second-order valence-electron chi connectivity index (χ2n) is 4.09. The lowest BCUT2D eigenvalue weighted by molar-refractivity contribution is 0.143. The third-order valence-electron chi connectivity index (χ3n) is 2.09. The Morgan fingerprint density at radius 1 is 1.62 bits per heavy atom. The van der Waals surface area contributed by atoms with Gasteiger partial charge in [-0.15, -0.1) is 11.8 Å². The molecule has 0 saturated carbocycles. The van der Waals surface area contributed by atoms with Gasteiger partial charge >= 0.3 is 6.09 Å². The second-order valence-corrected chi connectivity index (χ2v) is 5.23. The fraction of sp³-hybridized carbons (Fsp3) is 0.667. The van der Waals surface area contributed by atoms with Crippen LogP contribution in [0.3, 0.4) is 0 Å². The van der Waals surface area contributed by atoms with Crippen molar-refractivity contribution in [3.8, 4) is 0 Å². The number of hydrogen-bond donors (Lipinski definition) is 0. The van der Waals surface area contributed by atoms with E-state index in [2.05, 4.69) is 11.1 Å². The molecule has 0 N–H and O–H groups in total. The lowest BCUT2D eigenvalue weighted by atomic mass is 10.2. The van der Waals surface area contributed by atoms with Gasteiger partial charge in [0, 0.05) is 10.7 Å². The lowest BCUT2D eigenvalue weighted by Crippen LogP contribution is -2.09. The van der Waals surface area contributed by atoms with E-state index in [0.717, 1.165) is 29.2 Å². The zero-order chi connectivity index (χ0) is 12.0. The minimum Gasteiger partial charge on any atom is -0.448 e. The Bertz CT molecular complexity index is 308. The second kappa shape index (κ2) is 6.74. The van der Waals surface area contributed by atoms with E-state index in [1.807, 2.05) is 20.8 Å². The maximum absolute atomic E-state index is 11.4. The van der Waals surface area contributed by atoms with Crippen LogP contribution in [0.4, 0.5) is 4.79 Å². The summed E-state index contributed by atoms with van der Waals surface area (Å²) in [6.07, 6.45) is 3.53. The highest BCUT2D eigenvalue weighted by Gasteiger charge is 2.13. The van der Waals surface area contributed by atoms with Crippen LogP contribution in [0, 0.1) is 5.92 Å². The van der Waals surface area contributed by atoms with Crippen LogP contribution in [-0.2, 0) is 4.74 Å². The molecule has 0 radical (unpaired) electrons. The third-order valence-corrected chi connectivity index (χ3v) is 3.24. The maximum atomic E-state index is 11.4. The minimum absolute atomic E-state index is 0.351. The van der Waals surface area contributed by atoms with Gasteiger partial charge in [0.2, 0.25) is 0 Å². The van der Waals surface area contributed by atoms with Crippen molar-refractivity contribution in [1.29, 1.82) is 0 Å². The van der Waals surface area contributed by atoms with Crippen LogP contribution in [0.5, 0.6) is 0 Å². The summed E-state index contributed by atoms with van der Waals surface area (Å²) in [7, 11) is 0. The number of amides is 1. The van der Waals surface area contributed by atoms with Crippen molar-refractivity contribution in [1.82, 2.24) is 0 Å². The molecule has 0 aromatic heterocycles. The van der Waals surface area contributed by atoms with Crippen molar-refractivity contribution in [2.24, 2.45) is 10.9 Å². The molecule has 0 atom stereocenters. The summed E-state index contributed by atoms with van der Waals surface area (Å²) in [5.74, 6) is 1.44. The molecule has 0 fully saturated rings. The minimum atomic E-state index is -0.459. The smallest absolute Gasteiger partial charge is 0.433 e.